The highest BCUT2D eigenvalue weighted by molar-refractivity contribution is 9.10. The van der Waals surface area contributed by atoms with Gasteiger partial charge >= 0.3 is 0 Å². The van der Waals surface area contributed by atoms with Crippen LogP contribution in [0.1, 0.15) is 11.1 Å². The fraction of sp³-hybridized carbons (Fsp3) is 0.235. The summed E-state index contributed by atoms with van der Waals surface area (Å²) in [6, 6.07) is 12.8. The van der Waals surface area contributed by atoms with Gasteiger partial charge in [0.25, 0.3) is 0 Å². The molecule has 0 amide bonds. The molecule has 106 valence electrons. The van der Waals surface area contributed by atoms with Crippen LogP contribution in [0.3, 0.4) is 0 Å². The second kappa shape index (κ2) is 4.97. The van der Waals surface area contributed by atoms with E-state index >= 15 is 0 Å². The number of nitrogens with zero attached hydrogens (tertiary/aromatic N) is 2. The third-order valence-corrected chi connectivity index (χ3v) is 4.72. The Bertz CT molecular complexity index is 835. The molecule has 2 heterocycles. The van der Waals surface area contributed by atoms with Gasteiger partial charge in [0.15, 0.2) is 0 Å². The van der Waals surface area contributed by atoms with E-state index in [-0.39, 0.29) is 0 Å². The van der Waals surface area contributed by atoms with Gasteiger partial charge in [0.05, 0.1) is 11.0 Å². The molecule has 2 aromatic carbocycles. The Morgan fingerprint density at radius 2 is 2.14 bits per heavy atom. The first-order chi connectivity index (χ1) is 10.2. The number of benzene rings is 2. The van der Waals surface area contributed by atoms with Crippen molar-refractivity contribution in [3.8, 4) is 11.4 Å². The molecule has 0 saturated carbocycles. The molecule has 0 fully saturated rings. The van der Waals surface area contributed by atoms with Gasteiger partial charge in [0, 0.05) is 23.6 Å². The lowest BCUT2D eigenvalue weighted by atomic mass is 9.95. The SMILES string of the molecule is Cn1c(-c2cccc3c2CCNC3)nc2cc(Br)ccc21. The van der Waals surface area contributed by atoms with E-state index in [4.69, 9.17) is 4.98 Å². The summed E-state index contributed by atoms with van der Waals surface area (Å²) in [5.74, 6) is 1.06. The summed E-state index contributed by atoms with van der Waals surface area (Å²) >= 11 is 3.53. The lowest BCUT2D eigenvalue weighted by molar-refractivity contribution is 0.644. The topological polar surface area (TPSA) is 29.9 Å². The molecule has 0 unspecified atom stereocenters. The molecule has 1 N–H and O–H groups in total. The zero-order valence-corrected chi connectivity index (χ0v) is 13.4. The van der Waals surface area contributed by atoms with Gasteiger partial charge in [-0.15, -0.1) is 0 Å². The standard InChI is InChI=1S/C17H16BrN3/c1-21-16-6-5-12(18)9-15(16)20-17(21)14-4-2-3-11-10-19-8-7-13(11)14/h2-6,9,19H,7-8,10H2,1H3. The van der Waals surface area contributed by atoms with Crippen LogP contribution < -0.4 is 5.32 Å². The van der Waals surface area contributed by atoms with Gasteiger partial charge in [-0.2, -0.15) is 0 Å². The van der Waals surface area contributed by atoms with E-state index in [9.17, 15) is 0 Å². The molecular weight excluding hydrogens is 326 g/mol. The first kappa shape index (κ1) is 13.0. The van der Waals surface area contributed by atoms with Gasteiger partial charge in [-0.25, -0.2) is 4.98 Å². The van der Waals surface area contributed by atoms with Crippen LogP contribution in [0.2, 0.25) is 0 Å². The van der Waals surface area contributed by atoms with Gasteiger partial charge < -0.3 is 9.88 Å². The minimum atomic E-state index is 0.957. The van der Waals surface area contributed by atoms with E-state index in [1.807, 2.05) is 0 Å². The molecule has 3 nitrogen and oxygen atoms in total. The highest BCUT2D eigenvalue weighted by atomic mass is 79.9. The zero-order valence-electron chi connectivity index (χ0n) is 11.9. The van der Waals surface area contributed by atoms with Crippen LogP contribution in [-0.2, 0) is 20.0 Å². The molecule has 3 aromatic rings. The Hall–Kier alpha value is -1.65. The number of fused-ring (bicyclic) bond motifs is 2. The molecule has 4 heteroatoms. The van der Waals surface area contributed by atoms with Crippen molar-refractivity contribution < 1.29 is 0 Å². The van der Waals surface area contributed by atoms with Crippen molar-refractivity contribution in [1.82, 2.24) is 14.9 Å². The molecule has 0 aliphatic carbocycles. The molecule has 0 atom stereocenters. The summed E-state index contributed by atoms with van der Waals surface area (Å²) < 4.78 is 3.26. The number of halogens is 1. The summed E-state index contributed by atoms with van der Waals surface area (Å²) in [4.78, 5) is 4.86. The van der Waals surface area contributed by atoms with E-state index in [1.165, 1.54) is 22.2 Å². The summed E-state index contributed by atoms with van der Waals surface area (Å²) in [7, 11) is 2.10. The zero-order chi connectivity index (χ0) is 14.4. The molecule has 1 aliphatic heterocycles. The average molecular weight is 342 g/mol. The summed E-state index contributed by atoms with van der Waals surface area (Å²) in [5.41, 5.74) is 6.30. The van der Waals surface area contributed by atoms with Crippen LogP contribution in [0.15, 0.2) is 40.9 Å². The van der Waals surface area contributed by atoms with Crippen molar-refractivity contribution in [2.45, 2.75) is 13.0 Å². The molecule has 0 saturated heterocycles. The predicted molar refractivity (Wildman–Crippen MR) is 89.3 cm³/mol. The van der Waals surface area contributed by atoms with Crippen molar-refractivity contribution in [3.05, 3.63) is 52.0 Å². The number of imidazole rings is 1. The Morgan fingerprint density at radius 1 is 1.24 bits per heavy atom. The van der Waals surface area contributed by atoms with Gasteiger partial charge in [0.2, 0.25) is 0 Å². The Morgan fingerprint density at radius 3 is 3.05 bits per heavy atom. The third-order valence-electron chi connectivity index (χ3n) is 4.22. The number of aryl methyl sites for hydroxylation is 1. The fourth-order valence-electron chi connectivity index (χ4n) is 3.16. The van der Waals surface area contributed by atoms with Crippen LogP contribution in [0.25, 0.3) is 22.4 Å². The van der Waals surface area contributed by atoms with Crippen LogP contribution >= 0.6 is 15.9 Å². The van der Waals surface area contributed by atoms with Crippen molar-refractivity contribution in [1.29, 1.82) is 0 Å². The van der Waals surface area contributed by atoms with Gasteiger partial charge in [-0.3, -0.25) is 0 Å². The number of hydrogen-bond acceptors (Lipinski definition) is 2. The van der Waals surface area contributed by atoms with Gasteiger partial charge in [0.1, 0.15) is 5.82 Å². The highest BCUT2D eigenvalue weighted by Crippen LogP contribution is 2.30. The Kier molecular flexibility index (Phi) is 3.08. The van der Waals surface area contributed by atoms with Crippen LogP contribution in [0.5, 0.6) is 0 Å². The van der Waals surface area contributed by atoms with Crippen LogP contribution in [0.4, 0.5) is 0 Å². The quantitative estimate of drug-likeness (QED) is 0.732. The van der Waals surface area contributed by atoms with Crippen molar-refractivity contribution >= 4 is 27.0 Å². The molecule has 0 bridgehead atoms. The summed E-state index contributed by atoms with van der Waals surface area (Å²) in [6.45, 7) is 2.00. The van der Waals surface area contributed by atoms with Crippen molar-refractivity contribution in [2.75, 3.05) is 6.54 Å². The smallest absolute Gasteiger partial charge is 0.141 e. The van der Waals surface area contributed by atoms with E-state index in [0.717, 1.165) is 35.3 Å². The third kappa shape index (κ3) is 2.10. The van der Waals surface area contributed by atoms with Crippen molar-refractivity contribution in [3.63, 3.8) is 0 Å². The first-order valence-corrected chi connectivity index (χ1v) is 7.97. The van der Waals surface area contributed by atoms with E-state index in [2.05, 4.69) is 69.3 Å². The normalized spacial score (nSPS) is 14.4. The molecule has 4 rings (SSSR count). The molecule has 1 aliphatic rings. The average Bonchev–Trinajstić information content (AvgIpc) is 2.83. The monoisotopic (exact) mass is 341 g/mol. The largest absolute Gasteiger partial charge is 0.327 e. The number of nitrogens with one attached hydrogen (secondary N) is 1. The highest BCUT2D eigenvalue weighted by Gasteiger charge is 2.17. The first-order valence-electron chi connectivity index (χ1n) is 7.18. The minimum absolute atomic E-state index is 0.957. The lowest BCUT2D eigenvalue weighted by Gasteiger charge is -2.20. The number of rotatable bonds is 1. The van der Waals surface area contributed by atoms with E-state index in [1.54, 1.807) is 0 Å². The van der Waals surface area contributed by atoms with Gasteiger partial charge in [-0.1, -0.05) is 34.1 Å². The Labute approximate surface area is 132 Å². The summed E-state index contributed by atoms with van der Waals surface area (Å²) in [5, 5.41) is 3.43. The second-order valence-corrected chi connectivity index (χ2v) is 6.41. The van der Waals surface area contributed by atoms with E-state index in [0.29, 0.717) is 0 Å². The van der Waals surface area contributed by atoms with Crippen molar-refractivity contribution in [2.24, 2.45) is 7.05 Å². The fourth-order valence-corrected chi connectivity index (χ4v) is 3.50. The molecule has 0 spiro atoms. The molecule has 1 aromatic heterocycles. The maximum Gasteiger partial charge on any atom is 0.141 e. The van der Waals surface area contributed by atoms with Crippen LogP contribution in [-0.4, -0.2) is 16.1 Å². The number of aromatic nitrogens is 2. The Balaban J connectivity index is 1.97. The minimum Gasteiger partial charge on any atom is -0.327 e. The molecule has 21 heavy (non-hydrogen) atoms. The van der Waals surface area contributed by atoms with Gasteiger partial charge in [-0.05, 0) is 42.3 Å². The van der Waals surface area contributed by atoms with E-state index < -0.39 is 0 Å². The summed E-state index contributed by atoms with van der Waals surface area (Å²) in [6.07, 6.45) is 1.07. The maximum absolute atomic E-state index is 4.86. The lowest BCUT2D eigenvalue weighted by Crippen LogP contribution is -2.24. The molecule has 0 radical (unpaired) electrons. The van der Waals surface area contributed by atoms with Crippen LogP contribution in [0, 0.1) is 0 Å². The maximum atomic E-state index is 4.86. The second-order valence-electron chi connectivity index (χ2n) is 5.50. The molecular formula is C17H16BrN3. The predicted octanol–water partition coefficient (Wildman–Crippen LogP) is 3.65. The number of hydrogen-bond donors (Lipinski definition) is 1.